The number of nitro benzene ring substituents is 1. The Labute approximate surface area is 112 Å². The molecule has 0 bridgehead atoms. The standard InChI is InChI=1S/C13H8F2N2O3/c14-9-3-6-11(15)12(7-9)16-13(18)8-1-4-10(5-2-8)17(19)20/h1-7H,(H,16,18). The van der Waals surface area contributed by atoms with Crippen LogP contribution in [0.2, 0.25) is 0 Å². The van der Waals surface area contributed by atoms with Crippen LogP contribution >= 0.6 is 0 Å². The Morgan fingerprint density at radius 2 is 1.75 bits per heavy atom. The van der Waals surface area contributed by atoms with Gasteiger partial charge in [-0.15, -0.1) is 0 Å². The van der Waals surface area contributed by atoms with E-state index < -0.39 is 22.5 Å². The van der Waals surface area contributed by atoms with Crippen LogP contribution in [-0.2, 0) is 0 Å². The minimum Gasteiger partial charge on any atom is -0.319 e. The summed E-state index contributed by atoms with van der Waals surface area (Å²) in [6.07, 6.45) is 0. The van der Waals surface area contributed by atoms with Gasteiger partial charge < -0.3 is 5.32 Å². The van der Waals surface area contributed by atoms with E-state index in [0.29, 0.717) is 0 Å². The molecule has 1 amide bonds. The number of carbonyl (C=O) groups excluding carboxylic acids is 1. The van der Waals surface area contributed by atoms with E-state index in [1.807, 2.05) is 0 Å². The van der Waals surface area contributed by atoms with Crippen molar-refractivity contribution < 1.29 is 18.5 Å². The molecule has 5 nitrogen and oxygen atoms in total. The van der Waals surface area contributed by atoms with Crippen LogP contribution in [0.1, 0.15) is 10.4 Å². The van der Waals surface area contributed by atoms with Crippen LogP contribution in [0.15, 0.2) is 42.5 Å². The highest BCUT2D eigenvalue weighted by Gasteiger charge is 2.12. The number of benzene rings is 2. The number of nitro groups is 1. The van der Waals surface area contributed by atoms with E-state index in [1.54, 1.807) is 0 Å². The van der Waals surface area contributed by atoms with Gasteiger partial charge in [0.1, 0.15) is 11.6 Å². The number of rotatable bonds is 3. The Balaban J connectivity index is 2.19. The Hall–Kier alpha value is -2.83. The lowest BCUT2D eigenvalue weighted by molar-refractivity contribution is -0.384. The number of non-ortho nitro benzene ring substituents is 1. The molecule has 0 aliphatic carbocycles. The van der Waals surface area contributed by atoms with E-state index in [2.05, 4.69) is 5.32 Å². The molecule has 7 heteroatoms. The van der Waals surface area contributed by atoms with Crippen molar-refractivity contribution in [3.63, 3.8) is 0 Å². The average Bonchev–Trinajstić information content (AvgIpc) is 2.43. The normalized spacial score (nSPS) is 10.1. The summed E-state index contributed by atoms with van der Waals surface area (Å²) >= 11 is 0. The van der Waals surface area contributed by atoms with Crippen molar-refractivity contribution in [2.75, 3.05) is 5.32 Å². The molecule has 0 spiro atoms. The smallest absolute Gasteiger partial charge is 0.269 e. The van der Waals surface area contributed by atoms with Crippen LogP contribution in [-0.4, -0.2) is 10.8 Å². The van der Waals surface area contributed by atoms with Crippen LogP contribution in [0, 0.1) is 21.7 Å². The first-order valence-electron chi connectivity index (χ1n) is 5.48. The predicted octanol–water partition coefficient (Wildman–Crippen LogP) is 3.13. The van der Waals surface area contributed by atoms with Gasteiger partial charge in [0, 0.05) is 23.8 Å². The fourth-order valence-electron chi connectivity index (χ4n) is 1.52. The summed E-state index contributed by atoms with van der Waals surface area (Å²) in [5, 5.41) is 12.7. The third-order valence-electron chi connectivity index (χ3n) is 2.52. The molecule has 0 fully saturated rings. The lowest BCUT2D eigenvalue weighted by Gasteiger charge is -2.06. The molecule has 102 valence electrons. The predicted molar refractivity (Wildman–Crippen MR) is 67.4 cm³/mol. The van der Waals surface area contributed by atoms with Gasteiger partial charge in [0.15, 0.2) is 0 Å². The van der Waals surface area contributed by atoms with Crippen LogP contribution in [0.3, 0.4) is 0 Å². The summed E-state index contributed by atoms with van der Waals surface area (Å²) in [6, 6.07) is 7.42. The largest absolute Gasteiger partial charge is 0.319 e. The van der Waals surface area contributed by atoms with E-state index in [4.69, 9.17) is 0 Å². The Bertz CT molecular complexity index is 672. The van der Waals surface area contributed by atoms with Crippen molar-refractivity contribution in [3.8, 4) is 0 Å². The summed E-state index contributed by atoms with van der Waals surface area (Å²) in [7, 11) is 0. The fourth-order valence-corrected chi connectivity index (χ4v) is 1.52. The maximum absolute atomic E-state index is 13.3. The molecule has 0 saturated carbocycles. The van der Waals surface area contributed by atoms with Crippen molar-refractivity contribution in [2.24, 2.45) is 0 Å². The van der Waals surface area contributed by atoms with E-state index in [-0.39, 0.29) is 16.9 Å². The van der Waals surface area contributed by atoms with E-state index in [1.165, 1.54) is 12.1 Å². The SMILES string of the molecule is O=C(Nc1cc(F)ccc1F)c1ccc([N+](=O)[O-])cc1. The monoisotopic (exact) mass is 278 g/mol. The second-order valence-corrected chi connectivity index (χ2v) is 3.88. The van der Waals surface area contributed by atoms with Gasteiger partial charge in [0.2, 0.25) is 0 Å². The van der Waals surface area contributed by atoms with Gasteiger partial charge in [-0.1, -0.05) is 0 Å². The van der Waals surface area contributed by atoms with Crippen molar-refractivity contribution in [3.05, 3.63) is 69.8 Å². The van der Waals surface area contributed by atoms with Gasteiger partial charge in [-0.05, 0) is 24.3 Å². The Morgan fingerprint density at radius 1 is 1.10 bits per heavy atom. The lowest BCUT2D eigenvalue weighted by Crippen LogP contribution is -2.13. The number of hydrogen-bond donors (Lipinski definition) is 1. The second-order valence-electron chi connectivity index (χ2n) is 3.88. The van der Waals surface area contributed by atoms with Crippen LogP contribution in [0.5, 0.6) is 0 Å². The van der Waals surface area contributed by atoms with Gasteiger partial charge in [-0.25, -0.2) is 8.78 Å². The number of hydrogen-bond acceptors (Lipinski definition) is 3. The van der Waals surface area contributed by atoms with E-state index in [0.717, 1.165) is 30.3 Å². The molecule has 2 aromatic rings. The summed E-state index contributed by atoms with van der Waals surface area (Å²) in [4.78, 5) is 21.7. The zero-order valence-corrected chi connectivity index (χ0v) is 9.97. The van der Waals surface area contributed by atoms with Crippen molar-refractivity contribution in [2.45, 2.75) is 0 Å². The summed E-state index contributed by atoms with van der Waals surface area (Å²) in [5.41, 5.74) is -0.369. The fraction of sp³-hybridized carbons (Fsp3) is 0. The number of nitrogens with one attached hydrogen (secondary N) is 1. The number of anilines is 1. The molecule has 0 atom stereocenters. The zero-order valence-electron chi connectivity index (χ0n) is 9.97. The maximum atomic E-state index is 13.3. The maximum Gasteiger partial charge on any atom is 0.269 e. The van der Waals surface area contributed by atoms with Crippen molar-refractivity contribution in [1.29, 1.82) is 0 Å². The molecular formula is C13H8F2N2O3. The summed E-state index contributed by atoms with van der Waals surface area (Å²) in [6.45, 7) is 0. The first kappa shape index (κ1) is 13.6. The molecule has 20 heavy (non-hydrogen) atoms. The number of carbonyl (C=O) groups is 1. The molecule has 0 heterocycles. The molecule has 0 aliphatic rings. The topological polar surface area (TPSA) is 72.2 Å². The van der Waals surface area contributed by atoms with Gasteiger partial charge in [-0.2, -0.15) is 0 Å². The minimum atomic E-state index is -0.776. The zero-order chi connectivity index (χ0) is 14.7. The highest BCUT2D eigenvalue weighted by atomic mass is 19.1. The van der Waals surface area contributed by atoms with Gasteiger partial charge in [0.05, 0.1) is 10.6 Å². The van der Waals surface area contributed by atoms with Crippen LogP contribution < -0.4 is 5.32 Å². The highest BCUT2D eigenvalue weighted by molar-refractivity contribution is 6.04. The molecule has 1 N–H and O–H groups in total. The van der Waals surface area contributed by atoms with Crippen molar-refractivity contribution in [1.82, 2.24) is 0 Å². The molecule has 2 rings (SSSR count). The second kappa shape index (κ2) is 5.43. The Morgan fingerprint density at radius 3 is 2.35 bits per heavy atom. The molecule has 2 aromatic carbocycles. The molecular weight excluding hydrogens is 270 g/mol. The van der Waals surface area contributed by atoms with E-state index >= 15 is 0 Å². The van der Waals surface area contributed by atoms with E-state index in [9.17, 15) is 23.7 Å². The molecule has 0 unspecified atom stereocenters. The third-order valence-corrected chi connectivity index (χ3v) is 2.52. The highest BCUT2D eigenvalue weighted by Crippen LogP contribution is 2.17. The first-order valence-corrected chi connectivity index (χ1v) is 5.48. The Kier molecular flexibility index (Phi) is 3.69. The van der Waals surface area contributed by atoms with Crippen molar-refractivity contribution >= 4 is 17.3 Å². The lowest BCUT2D eigenvalue weighted by atomic mass is 10.2. The number of nitrogens with zero attached hydrogens (tertiary/aromatic N) is 1. The van der Waals surface area contributed by atoms with Crippen LogP contribution in [0.4, 0.5) is 20.2 Å². The third kappa shape index (κ3) is 2.94. The summed E-state index contributed by atoms with van der Waals surface area (Å²) < 4.78 is 26.3. The quantitative estimate of drug-likeness (QED) is 0.692. The average molecular weight is 278 g/mol. The molecule has 0 aromatic heterocycles. The van der Waals surface area contributed by atoms with Gasteiger partial charge in [0.25, 0.3) is 11.6 Å². The number of amides is 1. The van der Waals surface area contributed by atoms with Gasteiger partial charge in [-0.3, -0.25) is 14.9 Å². The minimum absolute atomic E-state index is 0.0965. The first-order chi connectivity index (χ1) is 9.47. The van der Waals surface area contributed by atoms with Crippen LogP contribution in [0.25, 0.3) is 0 Å². The number of halogens is 2. The molecule has 0 radical (unpaired) electrons. The van der Waals surface area contributed by atoms with Gasteiger partial charge >= 0.3 is 0 Å². The summed E-state index contributed by atoms with van der Waals surface area (Å²) in [5.74, 6) is -2.16. The molecule has 0 aliphatic heterocycles. The molecule has 0 saturated heterocycles.